The van der Waals surface area contributed by atoms with E-state index in [9.17, 15) is 4.79 Å². The third kappa shape index (κ3) is 3.77. The van der Waals surface area contributed by atoms with Crippen molar-refractivity contribution in [2.75, 3.05) is 0 Å². The maximum absolute atomic E-state index is 12.5. The van der Waals surface area contributed by atoms with Crippen molar-refractivity contribution in [1.29, 1.82) is 0 Å². The lowest BCUT2D eigenvalue weighted by Gasteiger charge is -2.10. The first-order chi connectivity index (χ1) is 12.3. The maximum Gasteiger partial charge on any atom is 0.251 e. The number of aromatic nitrogens is 1. The van der Waals surface area contributed by atoms with Gasteiger partial charge in [0.15, 0.2) is 0 Å². The second-order valence-corrected chi connectivity index (χ2v) is 6.14. The number of carbonyl (C=O) groups is 1. The highest BCUT2D eigenvalue weighted by Gasteiger charge is 2.17. The van der Waals surface area contributed by atoms with Gasteiger partial charge >= 0.3 is 0 Å². The van der Waals surface area contributed by atoms with Gasteiger partial charge in [-0.2, -0.15) is 0 Å². The second kappa shape index (κ2) is 8.13. The van der Waals surface area contributed by atoms with Crippen molar-refractivity contribution in [2.24, 2.45) is 0 Å². The molecule has 0 radical (unpaired) electrons. The molecule has 0 unspecified atom stereocenters. The second-order valence-electron chi connectivity index (χ2n) is 6.14. The van der Waals surface area contributed by atoms with E-state index in [1.54, 1.807) is 0 Å². The lowest BCUT2D eigenvalue weighted by Crippen LogP contribution is -2.22. The van der Waals surface area contributed by atoms with Gasteiger partial charge in [0.2, 0.25) is 0 Å². The zero-order chi connectivity index (χ0) is 17.1. The molecule has 2 heterocycles. The summed E-state index contributed by atoms with van der Waals surface area (Å²) in [5, 5.41) is 6.31. The van der Waals surface area contributed by atoms with E-state index in [4.69, 9.17) is 0 Å². The van der Waals surface area contributed by atoms with Crippen LogP contribution in [0, 0.1) is 0 Å². The number of hydrogen-bond donors (Lipinski definition) is 2. The highest BCUT2D eigenvalue weighted by molar-refractivity contribution is 5.95. The molecule has 0 saturated carbocycles. The molecular formula is C21H20ClN3O. The first kappa shape index (κ1) is 18.1. The number of rotatable bonds is 4. The van der Waals surface area contributed by atoms with Crippen LogP contribution in [0.3, 0.4) is 0 Å². The van der Waals surface area contributed by atoms with Gasteiger partial charge in [0.1, 0.15) is 0 Å². The van der Waals surface area contributed by atoms with Crippen molar-refractivity contribution in [3.05, 3.63) is 89.2 Å². The normalized spacial score (nSPS) is 12.2. The van der Waals surface area contributed by atoms with Gasteiger partial charge in [-0.15, -0.1) is 12.4 Å². The number of nitrogens with zero attached hydrogens (tertiary/aromatic N) is 1. The molecule has 1 aliphatic heterocycles. The Kier molecular flexibility index (Phi) is 5.66. The Morgan fingerprint density at radius 2 is 1.88 bits per heavy atom. The molecule has 0 bridgehead atoms. The quantitative estimate of drug-likeness (QED) is 0.741. The SMILES string of the molecule is Cl.O=C(NCc1ccccc1)c1cccc(-c2ccnc3c2CNC3)c1. The summed E-state index contributed by atoms with van der Waals surface area (Å²) in [6.07, 6.45) is 1.84. The van der Waals surface area contributed by atoms with Crippen LogP contribution in [0.4, 0.5) is 0 Å². The number of fused-ring (bicyclic) bond motifs is 1. The van der Waals surface area contributed by atoms with Gasteiger partial charge in [-0.05, 0) is 40.5 Å². The Bertz CT molecular complexity index is 912. The van der Waals surface area contributed by atoms with Gasteiger partial charge in [-0.1, -0.05) is 42.5 Å². The van der Waals surface area contributed by atoms with E-state index in [2.05, 4.69) is 15.6 Å². The predicted molar refractivity (Wildman–Crippen MR) is 105 cm³/mol. The molecule has 0 fully saturated rings. The van der Waals surface area contributed by atoms with Crippen LogP contribution in [-0.2, 0) is 19.6 Å². The molecule has 26 heavy (non-hydrogen) atoms. The van der Waals surface area contributed by atoms with Gasteiger partial charge in [0.25, 0.3) is 5.91 Å². The van der Waals surface area contributed by atoms with Crippen LogP contribution in [-0.4, -0.2) is 10.9 Å². The molecule has 1 aliphatic rings. The van der Waals surface area contributed by atoms with Crippen molar-refractivity contribution < 1.29 is 4.79 Å². The van der Waals surface area contributed by atoms with E-state index in [0.29, 0.717) is 12.1 Å². The zero-order valence-corrected chi connectivity index (χ0v) is 15.1. The van der Waals surface area contributed by atoms with Crippen LogP contribution >= 0.6 is 12.4 Å². The molecule has 0 spiro atoms. The van der Waals surface area contributed by atoms with Gasteiger partial charge in [0, 0.05) is 31.4 Å². The number of halogens is 1. The number of amides is 1. The fourth-order valence-corrected chi connectivity index (χ4v) is 3.17. The summed E-state index contributed by atoms with van der Waals surface area (Å²) in [7, 11) is 0. The van der Waals surface area contributed by atoms with Crippen LogP contribution in [0.2, 0.25) is 0 Å². The van der Waals surface area contributed by atoms with Crippen LogP contribution < -0.4 is 10.6 Å². The van der Waals surface area contributed by atoms with E-state index in [-0.39, 0.29) is 18.3 Å². The summed E-state index contributed by atoms with van der Waals surface area (Å²) in [5.41, 5.74) is 6.28. The zero-order valence-electron chi connectivity index (χ0n) is 14.2. The minimum absolute atomic E-state index is 0. The van der Waals surface area contributed by atoms with Crippen molar-refractivity contribution in [3.63, 3.8) is 0 Å². The fourth-order valence-electron chi connectivity index (χ4n) is 3.17. The summed E-state index contributed by atoms with van der Waals surface area (Å²) in [4.78, 5) is 16.9. The van der Waals surface area contributed by atoms with Crippen molar-refractivity contribution in [3.8, 4) is 11.1 Å². The standard InChI is InChI=1S/C21H19N3O.ClH/c25-21(24-12-15-5-2-1-3-6-15)17-8-4-7-16(11-17)18-9-10-23-20-14-22-13-19(18)20;/h1-11,22H,12-14H2,(H,24,25);1H. The van der Waals surface area contributed by atoms with E-state index in [0.717, 1.165) is 35.5 Å². The smallest absolute Gasteiger partial charge is 0.251 e. The molecule has 4 rings (SSSR count). The summed E-state index contributed by atoms with van der Waals surface area (Å²) >= 11 is 0. The Balaban J connectivity index is 0.00000196. The first-order valence-corrected chi connectivity index (χ1v) is 8.41. The van der Waals surface area contributed by atoms with Crippen LogP contribution in [0.5, 0.6) is 0 Å². The summed E-state index contributed by atoms with van der Waals surface area (Å²) in [5.74, 6) is -0.0606. The minimum atomic E-state index is -0.0606. The molecule has 2 aromatic carbocycles. The Morgan fingerprint density at radius 1 is 1.04 bits per heavy atom. The Hall–Kier alpha value is -2.69. The minimum Gasteiger partial charge on any atom is -0.348 e. The van der Waals surface area contributed by atoms with Crippen LogP contribution in [0.1, 0.15) is 27.2 Å². The molecule has 2 N–H and O–H groups in total. The van der Waals surface area contributed by atoms with Gasteiger partial charge in [-0.3, -0.25) is 9.78 Å². The van der Waals surface area contributed by atoms with E-state index in [1.165, 1.54) is 5.56 Å². The highest BCUT2D eigenvalue weighted by atomic mass is 35.5. The fraction of sp³-hybridized carbons (Fsp3) is 0.143. The number of nitrogens with one attached hydrogen (secondary N) is 2. The largest absolute Gasteiger partial charge is 0.348 e. The average molecular weight is 366 g/mol. The number of hydrogen-bond acceptors (Lipinski definition) is 3. The average Bonchev–Trinajstić information content (AvgIpc) is 3.16. The summed E-state index contributed by atoms with van der Waals surface area (Å²) in [6.45, 7) is 2.15. The van der Waals surface area contributed by atoms with Gasteiger partial charge in [-0.25, -0.2) is 0 Å². The molecule has 1 amide bonds. The number of carbonyl (C=O) groups excluding carboxylic acids is 1. The number of benzene rings is 2. The monoisotopic (exact) mass is 365 g/mol. The van der Waals surface area contributed by atoms with E-state index < -0.39 is 0 Å². The highest BCUT2D eigenvalue weighted by Crippen LogP contribution is 2.28. The molecule has 0 aliphatic carbocycles. The molecule has 0 saturated heterocycles. The van der Waals surface area contributed by atoms with Crippen molar-refractivity contribution >= 4 is 18.3 Å². The van der Waals surface area contributed by atoms with Gasteiger partial charge in [0.05, 0.1) is 5.69 Å². The Labute approximate surface area is 159 Å². The van der Waals surface area contributed by atoms with E-state index in [1.807, 2.05) is 66.9 Å². The molecule has 0 atom stereocenters. The molecule has 132 valence electrons. The summed E-state index contributed by atoms with van der Waals surface area (Å²) in [6, 6.07) is 19.7. The topological polar surface area (TPSA) is 54.0 Å². The van der Waals surface area contributed by atoms with Crippen molar-refractivity contribution in [2.45, 2.75) is 19.6 Å². The van der Waals surface area contributed by atoms with Crippen molar-refractivity contribution in [1.82, 2.24) is 15.6 Å². The lowest BCUT2D eigenvalue weighted by molar-refractivity contribution is 0.0951. The van der Waals surface area contributed by atoms with Gasteiger partial charge < -0.3 is 10.6 Å². The molecule has 4 nitrogen and oxygen atoms in total. The molecule has 3 aromatic rings. The predicted octanol–water partition coefficient (Wildman–Crippen LogP) is 3.70. The molecular weight excluding hydrogens is 346 g/mol. The lowest BCUT2D eigenvalue weighted by atomic mass is 9.98. The molecule has 5 heteroatoms. The van der Waals surface area contributed by atoms with Crippen LogP contribution in [0.15, 0.2) is 66.9 Å². The van der Waals surface area contributed by atoms with Crippen LogP contribution in [0.25, 0.3) is 11.1 Å². The maximum atomic E-state index is 12.5. The third-order valence-corrected chi connectivity index (χ3v) is 4.47. The third-order valence-electron chi connectivity index (χ3n) is 4.47. The number of pyridine rings is 1. The van der Waals surface area contributed by atoms with E-state index >= 15 is 0 Å². The summed E-state index contributed by atoms with van der Waals surface area (Å²) < 4.78 is 0. The molecule has 1 aromatic heterocycles. The Morgan fingerprint density at radius 3 is 2.73 bits per heavy atom. The first-order valence-electron chi connectivity index (χ1n) is 8.41.